The molecular weight excluding hydrogens is 134 g/mol. The Kier molecular flexibility index (Phi) is 1.39. The lowest BCUT2D eigenvalue weighted by Gasteiger charge is -2.41. The molecule has 1 saturated carbocycles. The number of hydrogen-bond acceptors (Lipinski definition) is 1. The molecule has 1 saturated heterocycles. The topological polar surface area (TPSA) is 12.0 Å². The standard InChI is InChI=1S/C10H19N/c1-9(2,3)10-5-4-8(6-10)7-11-10/h8,11H,4-7H2,1-3H3. The number of fused-ring (bicyclic) bond motifs is 2. The van der Waals surface area contributed by atoms with Crippen LogP contribution in [0.4, 0.5) is 0 Å². The van der Waals surface area contributed by atoms with Gasteiger partial charge in [-0.05, 0) is 37.1 Å². The highest BCUT2D eigenvalue weighted by atomic mass is 15.1. The van der Waals surface area contributed by atoms with Gasteiger partial charge in [0, 0.05) is 5.54 Å². The van der Waals surface area contributed by atoms with Crippen LogP contribution in [0.5, 0.6) is 0 Å². The maximum Gasteiger partial charge on any atom is 0.0233 e. The third kappa shape index (κ3) is 0.936. The molecule has 1 heteroatoms. The molecule has 1 N–H and O–H groups in total. The molecule has 64 valence electrons. The van der Waals surface area contributed by atoms with Gasteiger partial charge in [-0.25, -0.2) is 0 Å². The van der Waals surface area contributed by atoms with E-state index in [1.54, 1.807) is 0 Å². The third-order valence-electron chi connectivity index (χ3n) is 3.78. The van der Waals surface area contributed by atoms with Gasteiger partial charge in [0.2, 0.25) is 0 Å². The van der Waals surface area contributed by atoms with Crippen LogP contribution in [0, 0.1) is 11.3 Å². The van der Waals surface area contributed by atoms with Crippen molar-refractivity contribution >= 4 is 0 Å². The molecule has 0 aromatic heterocycles. The first kappa shape index (κ1) is 7.60. The second-order valence-electron chi connectivity index (χ2n) is 5.32. The summed E-state index contributed by atoms with van der Waals surface area (Å²) < 4.78 is 0. The Morgan fingerprint density at radius 1 is 1.36 bits per heavy atom. The first-order valence-corrected chi connectivity index (χ1v) is 4.79. The SMILES string of the molecule is CC(C)(C)C12CCC(CN1)C2. The summed E-state index contributed by atoms with van der Waals surface area (Å²) in [5, 5.41) is 3.71. The van der Waals surface area contributed by atoms with Crippen LogP contribution in [0.2, 0.25) is 0 Å². The molecule has 0 radical (unpaired) electrons. The number of piperidine rings is 1. The summed E-state index contributed by atoms with van der Waals surface area (Å²) in [5.41, 5.74) is 0.954. The number of hydrogen-bond donors (Lipinski definition) is 1. The fraction of sp³-hybridized carbons (Fsp3) is 1.00. The molecule has 2 rings (SSSR count). The molecule has 2 atom stereocenters. The fourth-order valence-electron chi connectivity index (χ4n) is 2.77. The molecule has 0 aromatic carbocycles. The molecule has 0 amide bonds. The van der Waals surface area contributed by atoms with Gasteiger partial charge in [-0.3, -0.25) is 0 Å². The van der Waals surface area contributed by atoms with Crippen molar-refractivity contribution in [3.63, 3.8) is 0 Å². The minimum atomic E-state index is 0.457. The van der Waals surface area contributed by atoms with Gasteiger partial charge in [-0.1, -0.05) is 20.8 Å². The molecule has 2 fully saturated rings. The van der Waals surface area contributed by atoms with Gasteiger partial charge in [0.25, 0.3) is 0 Å². The third-order valence-corrected chi connectivity index (χ3v) is 3.78. The molecule has 1 heterocycles. The molecule has 2 unspecified atom stereocenters. The van der Waals surface area contributed by atoms with E-state index in [1.807, 2.05) is 0 Å². The van der Waals surface area contributed by atoms with Crippen LogP contribution in [-0.2, 0) is 0 Å². The first-order chi connectivity index (χ1) is 5.04. The summed E-state index contributed by atoms with van der Waals surface area (Å²) in [6.07, 6.45) is 4.29. The van der Waals surface area contributed by atoms with Crippen molar-refractivity contribution in [2.75, 3.05) is 6.54 Å². The van der Waals surface area contributed by atoms with E-state index in [4.69, 9.17) is 0 Å². The molecule has 1 aliphatic heterocycles. The second kappa shape index (κ2) is 2.01. The van der Waals surface area contributed by atoms with Crippen LogP contribution in [0.3, 0.4) is 0 Å². The average Bonchev–Trinajstić information content (AvgIpc) is 2.42. The average molecular weight is 153 g/mol. The molecule has 1 nitrogen and oxygen atoms in total. The Labute approximate surface area is 69.6 Å². The van der Waals surface area contributed by atoms with Gasteiger partial charge in [0.1, 0.15) is 0 Å². The van der Waals surface area contributed by atoms with E-state index in [2.05, 4.69) is 26.1 Å². The van der Waals surface area contributed by atoms with E-state index in [9.17, 15) is 0 Å². The predicted octanol–water partition coefficient (Wildman–Crippen LogP) is 2.17. The van der Waals surface area contributed by atoms with E-state index in [-0.39, 0.29) is 0 Å². The highest BCUT2D eigenvalue weighted by Gasteiger charge is 2.51. The summed E-state index contributed by atoms with van der Waals surface area (Å²) in [7, 11) is 0. The van der Waals surface area contributed by atoms with Crippen LogP contribution in [0.25, 0.3) is 0 Å². The number of nitrogens with one attached hydrogen (secondary N) is 1. The van der Waals surface area contributed by atoms with Crippen molar-refractivity contribution < 1.29 is 0 Å². The zero-order chi connectivity index (χ0) is 8.11. The molecule has 2 bridgehead atoms. The predicted molar refractivity (Wildman–Crippen MR) is 47.5 cm³/mol. The summed E-state index contributed by atoms with van der Waals surface area (Å²) in [4.78, 5) is 0. The minimum absolute atomic E-state index is 0.457. The largest absolute Gasteiger partial charge is 0.310 e. The Balaban J connectivity index is 2.23. The van der Waals surface area contributed by atoms with Crippen molar-refractivity contribution in [3.8, 4) is 0 Å². The van der Waals surface area contributed by atoms with Crippen LogP contribution >= 0.6 is 0 Å². The van der Waals surface area contributed by atoms with Crippen molar-refractivity contribution in [1.82, 2.24) is 5.32 Å². The lowest BCUT2D eigenvalue weighted by atomic mass is 9.73. The van der Waals surface area contributed by atoms with E-state index >= 15 is 0 Å². The zero-order valence-corrected chi connectivity index (χ0v) is 7.91. The van der Waals surface area contributed by atoms with E-state index in [0.29, 0.717) is 11.0 Å². The molecule has 11 heavy (non-hydrogen) atoms. The van der Waals surface area contributed by atoms with Crippen molar-refractivity contribution in [2.45, 2.75) is 45.6 Å². The highest BCUT2D eigenvalue weighted by molar-refractivity contribution is 5.08. The highest BCUT2D eigenvalue weighted by Crippen LogP contribution is 2.49. The molecule has 2 aliphatic rings. The monoisotopic (exact) mass is 153 g/mol. The van der Waals surface area contributed by atoms with Crippen LogP contribution in [0.15, 0.2) is 0 Å². The van der Waals surface area contributed by atoms with Gasteiger partial charge in [0.15, 0.2) is 0 Å². The van der Waals surface area contributed by atoms with Gasteiger partial charge < -0.3 is 5.32 Å². The smallest absolute Gasteiger partial charge is 0.0233 e. The summed E-state index contributed by atoms with van der Waals surface area (Å²) in [6.45, 7) is 8.38. The van der Waals surface area contributed by atoms with Crippen LogP contribution in [-0.4, -0.2) is 12.1 Å². The molecule has 1 aliphatic carbocycles. The molecule has 0 aromatic rings. The number of rotatable bonds is 0. The summed E-state index contributed by atoms with van der Waals surface area (Å²) >= 11 is 0. The van der Waals surface area contributed by atoms with Crippen molar-refractivity contribution in [1.29, 1.82) is 0 Å². The maximum atomic E-state index is 3.71. The van der Waals surface area contributed by atoms with Crippen LogP contribution in [0.1, 0.15) is 40.0 Å². The first-order valence-electron chi connectivity index (χ1n) is 4.79. The Hall–Kier alpha value is -0.0400. The van der Waals surface area contributed by atoms with Crippen molar-refractivity contribution in [3.05, 3.63) is 0 Å². The lowest BCUT2D eigenvalue weighted by Crippen LogP contribution is -2.50. The van der Waals surface area contributed by atoms with E-state index in [0.717, 1.165) is 5.92 Å². The zero-order valence-electron chi connectivity index (χ0n) is 7.91. The van der Waals surface area contributed by atoms with Crippen molar-refractivity contribution in [2.24, 2.45) is 11.3 Å². The second-order valence-corrected chi connectivity index (χ2v) is 5.32. The molecule has 0 spiro atoms. The Morgan fingerprint density at radius 3 is 2.27 bits per heavy atom. The van der Waals surface area contributed by atoms with Crippen LogP contribution < -0.4 is 5.32 Å². The normalized spacial score (nSPS) is 43.4. The van der Waals surface area contributed by atoms with Gasteiger partial charge in [-0.2, -0.15) is 0 Å². The maximum absolute atomic E-state index is 3.71. The quantitative estimate of drug-likeness (QED) is 0.562. The summed E-state index contributed by atoms with van der Waals surface area (Å²) in [5.74, 6) is 0.995. The molecular formula is C10H19N. The Bertz CT molecular complexity index is 158. The van der Waals surface area contributed by atoms with Gasteiger partial charge in [-0.15, -0.1) is 0 Å². The minimum Gasteiger partial charge on any atom is -0.310 e. The van der Waals surface area contributed by atoms with E-state index < -0.39 is 0 Å². The fourth-order valence-corrected chi connectivity index (χ4v) is 2.77. The van der Waals surface area contributed by atoms with Gasteiger partial charge in [0.05, 0.1) is 0 Å². The Morgan fingerprint density at radius 2 is 2.09 bits per heavy atom. The summed E-state index contributed by atoms with van der Waals surface area (Å²) in [6, 6.07) is 0. The van der Waals surface area contributed by atoms with E-state index in [1.165, 1.54) is 25.8 Å². The van der Waals surface area contributed by atoms with Gasteiger partial charge >= 0.3 is 0 Å². The lowest BCUT2D eigenvalue weighted by molar-refractivity contribution is 0.161.